The summed E-state index contributed by atoms with van der Waals surface area (Å²) in [7, 11) is 5.61. The number of aromatic nitrogens is 1. The number of piperidine rings is 1. The summed E-state index contributed by atoms with van der Waals surface area (Å²) in [5.41, 5.74) is -3.79. The van der Waals surface area contributed by atoms with Gasteiger partial charge in [0.05, 0.1) is 29.9 Å². The third kappa shape index (κ3) is 16.8. The number of hydrogen-bond acceptors (Lipinski definition) is 20. The minimum atomic E-state index is -1.91. The lowest BCUT2D eigenvalue weighted by atomic mass is 9.79. The van der Waals surface area contributed by atoms with Crippen LogP contribution in [0.2, 0.25) is 0 Å². The molecule has 0 aromatic heterocycles. The lowest BCUT2D eigenvalue weighted by Gasteiger charge is -2.50. The van der Waals surface area contributed by atoms with Crippen LogP contribution in [0.5, 0.6) is 0 Å². The predicted molar refractivity (Wildman–Crippen MR) is 381 cm³/mol. The van der Waals surface area contributed by atoms with Crippen molar-refractivity contribution in [2.24, 2.45) is 23.7 Å². The molecule has 10 atom stereocenters. The highest BCUT2D eigenvalue weighted by Gasteiger charge is 2.49. The average molecular weight is 1450 g/mol. The minimum absolute atomic E-state index is 0.0425. The molecule has 104 heavy (non-hydrogen) atoms. The Balaban J connectivity index is 1.27. The van der Waals surface area contributed by atoms with E-state index in [4.69, 9.17) is 18.9 Å². The highest BCUT2D eigenvalue weighted by Crippen LogP contribution is 2.39. The summed E-state index contributed by atoms with van der Waals surface area (Å²) in [5, 5.41) is 32.1. The van der Waals surface area contributed by atoms with E-state index >= 15 is 24.0 Å². The van der Waals surface area contributed by atoms with Crippen LogP contribution in [0.4, 0.5) is 5.69 Å². The fraction of sp³-hybridized carbons (Fsp3) is 0.671. The average Bonchev–Trinajstić information content (AvgIpc) is 0.806. The number of anilines is 1. The fourth-order valence-corrected chi connectivity index (χ4v) is 15.3. The zero-order valence-corrected chi connectivity index (χ0v) is 63.8. The van der Waals surface area contributed by atoms with Gasteiger partial charge in [-0.15, -0.1) is 10.3 Å². The van der Waals surface area contributed by atoms with E-state index in [1.165, 1.54) is 80.7 Å². The number of cyclic esters (lactones) is 2. The monoisotopic (exact) mass is 1450 g/mol. The molecule has 8 rings (SSSR count). The highest BCUT2D eigenvalue weighted by molar-refractivity contribution is 6.11. The summed E-state index contributed by atoms with van der Waals surface area (Å²) < 4.78 is 18.8. The van der Waals surface area contributed by atoms with Gasteiger partial charge in [-0.05, 0) is 129 Å². The number of nitrogens with zero attached hydrogens (tertiary/aromatic N) is 8. The Morgan fingerprint density at radius 1 is 0.615 bits per heavy atom. The molecule has 6 aliphatic heterocycles. The number of benzene rings is 2. The number of esters is 2. The smallest absolute Gasteiger partial charge is 0.329 e. The molecule has 571 valence electrons. The number of aryl methyl sites for hydroxylation is 1. The molecule has 6 heterocycles. The quantitative estimate of drug-likeness (QED) is 0.0813. The second-order valence-electron chi connectivity index (χ2n) is 31.4. The highest BCUT2D eigenvalue weighted by atomic mass is 16.6. The molecule has 0 bridgehead atoms. The number of ether oxygens (including phenoxy) is 2. The third-order valence-corrected chi connectivity index (χ3v) is 20.9. The van der Waals surface area contributed by atoms with E-state index in [-0.39, 0.29) is 84.4 Å². The fourth-order valence-electron chi connectivity index (χ4n) is 15.3. The summed E-state index contributed by atoms with van der Waals surface area (Å²) in [4.78, 5) is 204. The van der Waals surface area contributed by atoms with Gasteiger partial charge >= 0.3 is 11.9 Å². The molecule has 1 aliphatic carbocycles. The number of hydrogen-bond donors (Lipinski definition) is 6. The third-order valence-electron chi connectivity index (χ3n) is 20.9. The first-order chi connectivity index (χ1) is 48.5. The van der Waals surface area contributed by atoms with Crippen molar-refractivity contribution < 1.29 is 76.6 Å². The lowest BCUT2D eigenvalue weighted by molar-refractivity contribution is -0.290. The SMILES string of the molecule is Cc1c2oc3c(C)ccc(C(=O)N[C@@H]4C(=O)N[C@H](C(C)C)C(=O)N5CCC[C@H]5C(=O)N(C)CC(=O)N(C)[C@@H](C(C)C)C(=O)O[C@@H]4C)c3nc-2c(C(=O)N[C@@H]2C(=O)N[C@H](C(C)C)C(=O)N3CCC[C@H]3C(=O)N(C)CC(=O)N(C)[C@@H](C(C)C)C(=O)O[C@@H]2C)c(NCCNC2CC(C)(C)N([O])C(C)(C)C2)c1=O. The van der Waals surface area contributed by atoms with Gasteiger partial charge in [-0.25, -0.2) is 14.6 Å². The van der Waals surface area contributed by atoms with E-state index in [1.54, 1.807) is 62.3 Å². The van der Waals surface area contributed by atoms with Crippen LogP contribution >= 0.6 is 0 Å². The van der Waals surface area contributed by atoms with Crippen LogP contribution in [0, 0.1) is 37.5 Å². The molecule has 0 spiro atoms. The van der Waals surface area contributed by atoms with Gasteiger partial charge in [-0.3, -0.25) is 52.7 Å². The van der Waals surface area contributed by atoms with Crippen molar-refractivity contribution in [1.29, 1.82) is 0 Å². The number of fused-ring (bicyclic) bond motifs is 4. The Kier molecular flexibility index (Phi) is 25.1. The molecule has 31 nitrogen and oxygen atoms in total. The van der Waals surface area contributed by atoms with Gasteiger partial charge in [0.1, 0.15) is 71.8 Å². The van der Waals surface area contributed by atoms with Crippen LogP contribution in [0.3, 0.4) is 0 Å². The van der Waals surface area contributed by atoms with E-state index in [2.05, 4.69) is 31.9 Å². The summed E-state index contributed by atoms with van der Waals surface area (Å²) >= 11 is 0. The van der Waals surface area contributed by atoms with Crippen LogP contribution in [0.25, 0.3) is 22.6 Å². The van der Waals surface area contributed by atoms with Gasteiger partial charge in [0.2, 0.25) is 52.7 Å². The molecule has 1 radical (unpaired) electrons. The minimum Gasteiger partial charge on any atom is -0.458 e. The van der Waals surface area contributed by atoms with Crippen LogP contribution in [0.15, 0.2) is 21.3 Å². The molecule has 6 N–H and O–H groups in total. The van der Waals surface area contributed by atoms with Crippen molar-refractivity contribution >= 4 is 87.8 Å². The van der Waals surface area contributed by atoms with Crippen LogP contribution in [0.1, 0.15) is 167 Å². The standard InChI is InChI=1S/C73H107N14O17/c1-35(2)50-68(97)85-29-21-23-45(85)66(95)81(17)33-47(88)83(19)57(37(5)6)70(99)102-41(11)52(64(93)77-50)79-62(91)44-26-25-39(9)60-54(44)76-56-49(55(59(90)40(10)61(56)104-60)75-28-27-74-43-31-72(13,14)87(101)73(15,16)32-43)63(92)80-53-42(12)103-71(100)58(38(7)8)84(20)48(89)34-82(18)67(96)46-24-22-30-86(46)69(98)51(36(3)4)78-65(53)94/h25-26,35-38,41-43,45-46,50-53,57-58,74-75H,21-24,27-34H2,1-20H3,(H,77,93)(H,78,94)(H,79,91)(H,80,92)/t41-,42-,45+,46+,50-,51-,52+,53+,57+,58+/m1/s1. The molecule has 5 saturated heterocycles. The Bertz CT molecular complexity index is 3850. The lowest BCUT2D eigenvalue weighted by Crippen LogP contribution is -2.62. The molecular weight excluding hydrogens is 1340 g/mol. The maximum absolute atomic E-state index is 16.0. The maximum atomic E-state index is 16.0. The van der Waals surface area contributed by atoms with Gasteiger partial charge in [0, 0.05) is 77.1 Å². The van der Waals surface area contributed by atoms with Crippen molar-refractivity contribution in [3.63, 3.8) is 0 Å². The normalized spacial score (nSPS) is 26.6. The first-order valence-corrected chi connectivity index (χ1v) is 36.1. The molecule has 1 aromatic carbocycles. The summed E-state index contributed by atoms with van der Waals surface area (Å²) in [6, 6.07) is -8.20. The molecule has 7 aliphatic rings. The number of amides is 10. The molecule has 0 saturated carbocycles. The first kappa shape index (κ1) is 80.8. The van der Waals surface area contributed by atoms with E-state index in [1.807, 2.05) is 27.7 Å². The molecule has 31 heteroatoms. The van der Waals surface area contributed by atoms with Crippen molar-refractivity contribution in [1.82, 2.24) is 66.0 Å². The molecule has 0 unspecified atom stereocenters. The summed E-state index contributed by atoms with van der Waals surface area (Å²) in [6.45, 7) is 26.1. The number of nitrogens with one attached hydrogen (secondary N) is 6. The Hall–Kier alpha value is -8.84. The van der Waals surface area contributed by atoms with E-state index in [9.17, 15) is 43.6 Å². The van der Waals surface area contributed by atoms with Gasteiger partial charge < -0.3 is 75.2 Å². The molecule has 10 amide bonds. The first-order valence-electron chi connectivity index (χ1n) is 36.1. The van der Waals surface area contributed by atoms with Crippen LogP contribution < -0.4 is 37.3 Å². The zero-order valence-electron chi connectivity index (χ0n) is 63.8. The molecule has 1 aromatic rings. The van der Waals surface area contributed by atoms with Crippen molar-refractivity contribution in [2.45, 2.75) is 227 Å². The molecular formula is C73H107N14O17. The second-order valence-corrected chi connectivity index (χ2v) is 31.4. The Labute approximate surface area is 607 Å². The predicted octanol–water partition coefficient (Wildman–Crippen LogP) is 2.51. The number of hydroxylamine groups is 2. The molecule has 5 fully saturated rings. The topological polar surface area (TPSA) is 381 Å². The number of likely N-dealkylation sites (N-methyl/N-ethyl adjacent to an activating group) is 4. The summed E-state index contributed by atoms with van der Waals surface area (Å²) in [5.74, 6) is -12.4. The number of carbonyl (C=O) groups is 12. The van der Waals surface area contributed by atoms with E-state index < -0.39 is 190 Å². The van der Waals surface area contributed by atoms with Gasteiger partial charge in [-0.2, -0.15) is 0 Å². The van der Waals surface area contributed by atoms with Crippen molar-refractivity contribution in [3.8, 4) is 11.5 Å². The van der Waals surface area contributed by atoms with Crippen molar-refractivity contribution in [2.75, 3.05) is 72.8 Å². The largest absolute Gasteiger partial charge is 0.458 e. The number of carbonyl (C=O) groups excluding carboxylic acids is 12. The van der Waals surface area contributed by atoms with Crippen LogP contribution in [-0.2, 0) is 62.6 Å². The van der Waals surface area contributed by atoms with Gasteiger partial charge in [0.15, 0.2) is 11.3 Å². The Morgan fingerprint density at radius 3 is 1.49 bits per heavy atom. The maximum Gasteiger partial charge on any atom is 0.329 e. The zero-order chi connectivity index (χ0) is 77.4. The number of rotatable bonds is 13. The van der Waals surface area contributed by atoms with Crippen LogP contribution in [-0.4, -0.2) is 256 Å². The second kappa shape index (κ2) is 32.3. The Morgan fingerprint density at radius 2 is 1.06 bits per heavy atom. The van der Waals surface area contributed by atoms with E-state index in [0.717, 1.165) is 14.9 Å². The summed E-state index contributed by atoms with van der Waals surface area (Å²) in [6.07, 6.45) is -0.820. The van der Waals surface area contributed by atoms with Crippen molar-refractivity contribution in [3.05, 3.63) is 44.6 Å². The van der Waals surface area contributed by atoms with Gasteiger partial charge in [-0.1, -0.05) is 61.5 Å². The van der Waals surface area contributed by atoms with Gasteiger partial charge in [0.25, 0.3) is 11.8 Å². The van der Waals surface area contributed by atoms with E-state index in [0.29, 0.717) is 31.2 Å².